The van der Waals surface area contributed by atoms with E-state index in [2.05, 4.69) is 0 Å². The molecule has 9 heteroatoms. The third-order valence-corrected chi connectivity index (χ3v) is 8.29. The highest BCUT2D eigenvalue weighted by atomic mass is 32.2. The molecule has 2 unspecified atom stereocenters. The van der Waals surface area contributed by atoms with E-state index < -0.39 is 48.8 Å². The zero-order valence-corrected chi connectivity index (χ0v) is 14.1. The van der Waals surface area contributed by atoms with Crippen molar-refractivity contribution in [2.24, 2.45) is 0 Å². The summed E-state index contributed by atoms with van der Waals surface area (Å²) in [7, 11) is -7.20. The van der Waals surface area contributed by atoms with Gasteiger partial charge in [-0.1, -0.05) is 0 Å². The molecule has 0 spiro atoms. The highest BCUT2D eigenvalue weighted by Crippen LogP contribution is 2.41. The van der Waals surface area contributed by atoms with E-state index in [1.165, 1.54) is 4.31 Å². The predicted octanol–water partition coefficient (Wildman–Crippen LogP) is 1.69. The Labute approximate surface area is 134 Å². The van der Waals surface area contributed by atoms with Crippen LogP contribution >= 0.6 is 0 Å². The van der Waals surface area contributed by atoms with Crippen molar-refractivity contribution in [2.45, 2.75) is 47.9 Å². The lowest BCUT2D eigenvalue weighted by atomic mass is 10.1. The Morgan fingerprint density at radius 2 is 1.57 bits per heavy atom. The summed E-state index contributed by atoms with van der Waals surface area (Å²) in [6.07, 6.45) is 2.83. The second-order valence-electron chi connectivity index (χ2n) is 6.22. The summed E-state index contributed by atoms with van der Waals surface area (Å²) in [5, 5.41) is -0.545. The van der Waals surface area contributed by atoms with Crippen molar-refractivity contribution < 1.29 is 25.6 Å². The minimum Gasteiger partial charge on any atom is -0.229 e. The van der Waals surface area contributed by atoms with E-state index >= 15 is 0 Å². The first-order valence-electron chi connectivity index (χ1n) is 7.28. The van der Waals surface area contributed by atoms with Crippen molar-refractivity contribution in [2.75, 3.05) is 6.26 Å². The molecule has 2 aliphatic rings. The van der Waals surface area contributed by atoms with Crippen molar-refractivity contribution in [3.8, 4) is 0 Å². The number of benzene rings is 1. The van der Waals surface area contributed by atoms with Crippen LogP contribution in [0.1, 0.15) is 25.7 Å². The summed E-state index contributed by atoms with van der Waals surface area (Å²) in [5.74, 6) is -2.33. The topological polar surface area (TPSA) is 71.5 Å². The zero-order chi connectivity index (χ0) is 17.0. The lowest BCUT2D eigenvalue weighted by Gasteiger charge is -2.37. The van der Waals surface area contributed by atoms with Crippen molar-refractivity contribution in [1.29, 1.82) is 0 Å². The minimum absolute atomic E-state index is 0.248. The van der Waals surface area contributed by atoms with Crippen LogP contribution in [-0.2, 0) is 19.9 Å². The van der Waals surface area contributed by atoms with E-state index in [4.69, 9.17) is 0 Å². The Kier molecular flexibility index (Phi) is 4.01. The highest BCUT2D eigenvalue weighted by molar-refractivity contribution is 7.91. The van der Waals surface area contributed by atoms with Crippen molar-refractivity contribution >= 4 is 19.9 Å². The molecular formula is C14H17F2NO4S2. The molecule has 3 rings (SSSR count). The van der Waals surface area contributed by atoms with Gasteiger partial charge in [0.2, 0.25) is 10.0 Å². The summed E-state index contributed by atoms with van der Waals surface area (Å²) < 4.78 is 76.7. The second-order valence-corrected chi connectivity index (χ2v) is 10.4. The van der Waals surface area contributed by atoms with Crippen LogP contribution in [0.4, 0.5) is 8.78 Å². The van der Waals surface area contributed by atoms with Gasteiger partial charge in [-0.05, 0) is 43.9 Å². The van der Waals surface area contributed by atoms with Crippen molar-refractivity contribution in [3.05, 3.63) is 29.8 Å². The maximum atomic E-state index is 13.4. The Bertz CT molecular complexity index is 824. The average molecular weight is 365 g/mol. The number of sulfone groups is 1. The Hall–Kier alpha value is -1.06. The molecule has 1 aromatic rings. The van der Waals surface area contributed by atoms with Gasteiger partial charge in [-0.3, -0.25) is 0 Å². The van der Waals surface area contributed by atoms with Crippen molar-refractivity contribution in [1.82, 2.24) is 4.31 Å². The fraction of sp³-hybridized carbons (Fsp3) is 0.571. The maximum Gasteiger partial charge on any atom is 0.243 e. The molecule has 2 aliphatic heterocycles. The van der Waals surface area contributed by atoms with Gasteiger partial charge in [-0.25, -0.2) is 25.6 Å². The zero-order valence-electron chi connectivity index (χ0n) is 12.4. The summed E-state index contributed by atoms with van der Waals surface area (Å²) in [4.78, 5) is -0.300. The predicted molar refractivity (Wildman–Crippen MR) is 80.1 cm³/mol. The quantitative estimate of drug-likeness (QED) is 0.817. The molecule has 2 bridgehead atoms. The Morgan fingerprint density at radius 1 is 1.00 bits per heavy atom. The number of halogens is 2. The standard InChI is InChI=1S/C14H17F2NO4S2/c1-22(18,19)12-6-9-2-3-10(7-12)17(9)23(20,21)11-4-5-13(15)14(16)8-11/h4-5,8-10,12H,2-3,6-7H2,1H3. The van der Waals surface area contributed by atoms with Gasteiger partial charge in [-0.15, -0.1) is 0 Å². The van der Waals surface area contributed by atoms with Crippen molar-refractivity contribution in [3.63, 3.8) is 0 Å². The van der Waals surface area contributed by atoms with Gasteiger partial charge in [0.15, 0.2) is 11.6 Å². The monoisotopic (exact) mass is 365 g/mol. The molecule has 2 saturated heterocycles. The molecule has 0 saturated carbocycles. The van der Waals surface area contributed by atoms with Crippen LogP contribution in [0.15, 0.2) is 23.1 Å². The number of fused-ring (bicyclic) bond motifs is 2. The summed E-state index contributed by atoms with van der Waals surface area (Å²) >= 11 is 0. The third kappa shape index (κ3) is 2.89. The molecule has 128 valence electrons. The van der Waals surface area contributed by atoms with Crippen LogP contribution in [0.3, 0.4) is 0 Å². The van der Waals surface area contributed by atoms with E-state index in [1.807, 2.05) is 0 Å². The number of piperidine rings is 1. The Balaban J connectivity index is 1.95. The minimum atomic E-state index is -3.97. The largest absolute Gasteiger partial charge is 0.243 e. The molecule has 2 heterocycles. The van der Waals surface area contributed by atoms with Gasteiger partial charge < -0.3 is 0 Å². The molecule has 2 fully saturated rings. The summed E-state index contributed by atoms with van der Waals surface area (Å²) in [6, 6.07) is 1.67. The fourth-order valence-electron chi connectivity index (χ4n) is 3.59. The average Bonchev–Trinajstić information content (AvgIpc) is 2.72. The molecule has 1 aromatic carbocycles. The van der Waals surface area contributed by atoms with Crippen LogP contribution in [0.5, 0.6) is 0 Å². The van der Waals surface area contributed by atoms with Gasteiger partial charge >= 0.3 is 0 Å². The lowest BCUT2D eigenvalue weighted by Crippen LogP contribution is -2.49. The van der Waals surface area contributed by atoms with Crippen LogP contribution < -0.4 is 0 Å². The number of nitrogens with zero attached hydrogens (tertiary/aromatic N) is 1. The SMILES string of the molecule is CS(=O)(=O)C1CC2CCC(C1)N2S(=O)(=O)c1ccc(F)c(F)c1. The van der Waals surface area contributed by atoms with Gasteiger partial charge in [0.1, 0.15) is 9.84 Å². The second kappa shape index (κ2) is 5.49. The first kappa shape index (κ1) is 16.8. The van der Waals surface area contributed by atoms with E-state index in [0.29, 0.717) is 18.9 Å². The third-order valence-electron chi connectivity index (χ3n) is 4.69. The molecule has 0 amide bonds. The molecule has 23 heavy (non-hydrogen) atoms. The summed E-state index contributed by atoms with van der Waals surface area (Å²) in [6.45, 7) is 0. The van der Waals surface area contributed by atoms with Gasteiger partial charge in [0.05, 0.1) is 10.1 Å². The van der Waals surface area contributed by atoms with Crippen LogP contribution in [0.2, 0.25) is 0 Å². The van der Waals surface area contributed by atoms with E-state index in [9.17, 15) is 25.6 Å². The first-order chi connectivity index (χ1) is 10.6. The van der Waals surface area contributed by atoms with E-state index in [-0.39, 0.29) is 17.7 Å². The summed E-state index contributed by atoms with van der Waals surface area (Å²) in [5.41, 5.74) is 0. The fourth-order valence-corrected chi connectivity index (χ4v) is 6.63. The van der Waals surface area contributed by atoms with Gasteiger partial charge in [0, 0.05) is 18.3 Å². The number of hydrogen-bond acceptors (Lipinski definition) is 4. The molecule has 2 atom stereocenters. The Morgan fingerprint density at radius 3 is 2.04 bits per heavy atom. The first-order valence-corrected chi connectivity index (χ1v) is 10.7. The highest BCUT2D eigenvalue weighted by Gasteiger charge is 2.49. The molecule has 0 aromatic heterocycles. The van der Waals surface area contributed by atoms with Crippen LogP contribution in [-0.4, -0.2) is 44.7 Å². The number of rotatable bonds is 3. The molecule has 5 nitrogen and oxygen atoms in total. The molecule has 0 radical (unpaired) electrons. The lowest BCUT2D eigenvalue weighted by molar-refractivity contribution is 0.249. The van der Waals surface area contributed by atoms with E-state index in [1.54, 1.807) is 0 Å². The number of hydrogen-bond donors (Lipinski definition) is 0. The van der Waals surface area contributed by atoms with Gasteiger partial charge in [-0.2, -0.15) is 4.31 Å². The molecule has 0 N–H and O–H groups in total. The molecular weight excluding hydrogens is 348 g/mol. The number of sulfonamides is 1. The van der Waals surface area contributed by atoms with Crippen LogP contribution in [0.25, 0.3) is 0 Å². The molecule has 0 aliphatic carbocycles. The van der Waals surface area contributed by atoms with Gasteiger partial charge in [0.25, 0.3) is 0 Å². The maximum absolute atomic E-state index is 13.4. The normalized spacial score (nSPS) is 28.9. The van der Waals surface area contributed by atoms with E-state index in [0.717, 1.165) is 18.4 Å². The van der Waals surface area contributed by atoms with Crippen LogP contribution in [0, 0.1) is 11.6 Å². The smallest absolute Gasteiger partial charge is 0.229 e.